The van der Waals surface area contributed by atoms with Gasteiger partial charge in [0.2, 0.25) is 0 Å². The zero-order chi connectivity index (χ0) is 23.9. The number of ether oxygens (including phenoxy) is 2. The largest absolute Gasteiger partial charge is 0.497 e. The molecule has 4 nitrogen and oxygen atoms in total. The number of pyridine rings is 1. The molecule has 1 aliphatic heterocycles. The summed E-state index contributed by atoms with van der Waals surface area (Å²) in [7, 11) is 3.15. The maximum atomic E-state index is 14.1. The molecule has 7 heteroatoms. The Morgan fingerprint density at radius 3 is 2.21 bits per heavy atom. The van der Waals surface area contributed by atoms with Gasteiger partial charge in [-0.05, 0) is 79.6 Å². The van der Waals surface area contributed by atoms with E-state index in [1.54, 1.807) is 32.4 Å². The first-order chi connectivity index (χ1) is 16.4. The molecular formula is C27H27F3N2O2. The van der Waals surface area contributed by atoms with Gasteiger partial charge in [0.1, 0.15) is 11.5 Å². The summed E-state index contributed by atoms with van der Waals surface area (Å²) in [6.07, 6.45) is 0.252. The van der Waals surface area contributed by atoms with Crippen molar-refractivity contribution in [1.29, 1.82) is 0 Å². The molecule has 0 bridgehead atoms. The zero-order valence-corrected chi connectivity index (χ0v) is 19.3. The van der Waals surface area contributed by atoms with Crippen LogP contribution >= 0.6 is 0 Å². The van der Waals surface area contributed by atoms with Crippen LogP contribution in [0, 0.1) is 0 Å². The minimum absolute atomic E-state index is 0.128. The second-order valence-corrected chi connectivity index (χ2v) is 8.87. The Morgan fingerprint density at radius 2 is 1.56 bits per heavy atom. The maximum Gasteiger partial charge on any atom is 0.417 e. The molecule has 0 unspecified atom stereocenters. The Labute approximate surface area is 197 Å². The quantitative estimate of drug-likeness (QED) is 0.426. The van der Waals surface area contributed by atoms with E-state index < -0.39 is 11.7 Å². The van der Waals surface area contributed by atoms with Gasteiger partial charge in [0, 0.05) is 36.0 Å². The van der Waals surface area contributed by atoms with Gasteiger partial charge in [-0.25, -0.2) is 4.98 Å². The van der Waals surface area contributed by atoms with Gasteiger partial charge in [0.15, 0.2) is 0 Å². The predicted molar refractivity (Wildman–Crippen MR) is 127 cm³/mol. The van der Waals surface area contributed by atoms with E-state index in [2.05, 4.69) is 4.90 Å². The molecule has 0 radical (unpaired) electrons. The van der Waals surface area contributed by atoms with Crippen LogP contribution in [0.25, 0.3) is 22.5 Å². The van der Waals surface area contributed by atoms with Crippen molar-refractivity contribution in [2.45, 2.75) is 38.3 Å². The topological polar surface area (TPSA) is 34.6 Å². The van der Waals surface area contributed by atoms with Gasteiger partial charge in [0.05, 0.1) is 31.2 Å². The fourth-order valence-corrected chi connectivity index (χ4v) is 5.07. The second kappa shape index (κ2) is 8.85. The first-order valence-electron chi connectivity index (χ1n) is 11.6. The summed E-state index contributed by atoms with van der Waals surface area (Å²) in [5.41, 5.74) is 4.25. The molecule has 1 aromatic heterocycles. The van der Waals surface area contributed by atoms with E-state index in [0.717, 1.165) is 67.6 Å². The van der Waals surface area contributed by atoms with Gasteiger partial charge < -0.3 is 14.4 Å². The predicted octanol–water partition coefficient (Wildman–Crippen LogP) is 6.54. The fraction of sp³-hybridized carbons (Fsp3) is 0.370. The lowest BCUT2D eigenvalue weighted by Crippen LogP contribution is -2.18. The summed E-state index contributed by atoms with van der Waals surface area (Å²) < 4.78 is 53.0. The van der Waals surface area contributed by atoms with Crippen molar-refractivity contribution in [3.63, 3.8) is 0 Å². The van der Waals surface area contributed by atoms with Crippen LogP contribution in [0.2, 0.25) is 0 Å². The first-order valence-corrected chi connectivity index (χ1v) is 11.6. The number of benzene rings is 2. The number of nitrogens with zero attached hydrogens (tertiary/aromatic N) is 2. The fourth-order valence-electron chi connectivity index (χ4n) is 5.07. The lowest BCUT2D eigenvalue weighted by molar-refractivity contribution is -0.137. The number of alkyl halides is 3. The Morgan fingerprint density at radius 1 is 0.853 bits per heavy atom. The molecule has 1 fully saturated rings. The van der Waals surface area contributed by atoms with Crippen LogP contribution in [0.4, 0.5) is 18.9 Å². The Bertz CT molecular complexity index is 1190. The number of methoxy groups -OCH3 is 2. The van der Waals surface area contributed by atoms with Crippen LogP contribution in [0.3, 0.4) is 0 Å². The molecule has 178 valence electrons. The van der Waals surface area contributed by atoms with Gasteiger partial charge in [-0.1, -0.05) is 0 Å². The summed E-state index contributed by atoms with van der Waals surface area (Å²) in [6, 6.07) is 11.8. The van der Waals surface area contributed by atoms with Crippen molar-refractivity contribution < 1.29 is 22.6 Å². The average molecular weight is 469 g/mol. The highest BCUT2D eigenvalue weighted by Crippen LogP contribution is 2.42. The van der Waals surface area contributed by atoms with Crippen molar-refractivity contribution in [3.8, 4) is 34.0 Å². The molecule has 5 rings (SSSR count). The van der Waals surface area contributed by atoms with Gasteiger partial charge in [-0.3, -0.25) is 0 Å². The maximum absolute atomic E-state index is 14.1. The van der Waals surface area contributed by atoms with Crippen LogP contribution < -0.4 is 14.4 Å². The van der Waals surface area contributed by atoms with Crippen molar-refractivity contribution >= 4 is 5.69 Å². The average Bonchev–Trinajstić information content (AvgIpc) is 3.54. The van der Waals surface area contributed by atoms with E-state index in [1.807, 2.05) is 18.2 Å². The third-order valence-corrected chi connectivity index (χ3v) is 6.77. The van der Waals surface area contributed by atoms with Crippen molar-refractivity contribution in [3.05, 3.63) is 59.2 Å². The Balaban J connectivity index is 1.71. The molecule has 0 spiro atoms. The minimum atomic E-state index is -4.47. The molecule has 3 aromatic rings. The molecule has 0 saturated carbocycles. The highest BCUT2D eigenvalue weighted by molar-refractivity contribution is 5.76. The van der Waals surface area contributed by atoms with Crippen LogP contribution in [0.1, 0.15) is 36.0 Å². The first kappa shape index (κ1) is 22.6. The zero-order valence-electron chi connectivity index (χ0n) is 19.3. The lowest BCUT2D eigenvalue weighted by Gasteiger charge is -2.21. The van der Waals surface area contributed by atoms with E-state index >= 15 is 0 Å². The van der Waals surface area contributed by atoms with Crippen molar-refractivity contribution in [2.75, 3.05) is 32.2 Å². The van der Waals surface area contributed by atoms with Crippen molar-refractivity contribution in [2.24, 2.45) is 0 Å². The van der Waals surface area contributed by atoms with E-state index in [4.69, 9.17) is 14.5 Å². The number of fused-ring (bicyclic) bond motifs is 1. The van der Waals surface area contributed by atoms with E-state index in [9.17, 15) is 13.2 Å². The van der Waals surface area contributed by atoms with Crippen LogP contribution in [-0.4, -0.2) is 32.3 Å². The summed E-state index contributed by atoms with van der Waals surface area (Å²) in [5.74, 6) is 1.22. The highest BCUT2D eigenvalue weighted by atomic mass is 19.4. The Hall–Kier alpha value is -3.22. The number of rotatable bonds is 5. The lowest BCUT2D eigenvalue weighted by atomic mass is 9.97. The number of aromatic nitrogens is 1. The molecule has 2 aromatic carbocycles. The van der Waals surface area contributed by atoms with Gasteiger partial charge in [-0.2, -0.15) is 13.2 Å². The number of anilines is 1. The molecule has 0 atom stereocenters. The Kier molecular flexibility index (Phi) is 5.88. The minimum Gasteiger partial charge on any atom is -0.497 e. The number of hydrogen-bond acceptors (Lipinski definition) is 4. The van der Waals surface area contributed by atoms with Crippen LogP contribution in [0.5, 0.6) is 11.5 Å². The molecule has 0 N–H and O–H groups in total. The molecule has 34 heavy (non-hydrogen) atoms. The van der Waals surface area contributed by atoms with E-state index in [-0.39, 0.29) is 5.56 Å². The second-order valence-electron chi connectivity index (χ2n) is 8.87. The SMILES string of the molecule is COc1cc(OC)cc(-c2nc(-c3cc(N4CCCC4)ccc3C(F)(F)F)cc3c2CCC3)c1. The highest BCUT2D eigenvalue weighted by Gasteiger charge is 2.35. The standard InChI is InChI=1S/C27H27F3N2O2/c1-33-20-12-18(13-21(16-20)34-2)26-22-7-5-6-17(22)14-25(31-26)23-15-19(32-10-3-4-11-32)8-9-24(23)27(28,29)30/h8-9,12-16H,3-7,10-11H2,1-2H3. The molecule has 1 aliphatic carbocycles. The van der Waals surface area contributed by atoms with Gasteiger partial charge in [-0.15, -0.1) is 0 Å². The third-order valence-electron chi connectivity index (χ3n) is 6.77. The normalized spacial score (nSPS) is 15.5. The van der Waals surface area contributed by atoms with Gasteiger partial charge >= 0.3 is 6.18 Å². The third kappa shape index (κ3) is 4.19. The smallest absolute Gasteiger partial charge is 0.417 e. The summed E-state index contributed by atoms with van der Waals surface area (Å²) in [4.78, 5) is 6.99. The molecule has 2 aliphatic rings. The van der Waals surface area contributed by atoms with Crippen LogP contribution in [-0.2, 0) is 19.0 Å². The molecule has 2 heterocycles. The molecular weight excluding hydrogens is 441 g/mol. The van der Waals surface area contributed by atoms with Crippen LogP contribution in [0.15, 0.2) is 42.5 Å². The number of hydrogen-bond donors (Lipinski definition) is 0. The molecule has 1 saturated heterocycles. The van der Waals surface area contributed by atoms with Crippen molar-refractivity contribution in [1.82, 2.24) is 4.98 Å². The van der Waals surface area contributed by atoms with Gasteiger partial charge in [0.25, 0.3) is 0 Å². The number of aryl methyl sites for hydroxylation is 1. The number of halogens is 3. The van der Waals surface area contributed by atoms with E-state index in [1.165, 1.54) is 6.07 Å². The summed E-state index contributed by atoms with van der Waals surface area (Å²) >= 11 is 0. The summed E-state index contributed by atoms with van der Waals surface area (Å²) in [6.45, 7) is 1.72. The van der Waals surface area contributed by atoms with E-state index in [0.29, 0.717) is 22.9 Å². The summed E-state index contributed by atoms with van der Waals surface area (Å²) in [5, 5.41) is 0. The monoisotopic (exact) mass is 468 g/mol. The molecule has 0 amide bonds.